The Hall–Kier alpha value is -2.24. The Kier molecular flexibility index (Phi) is 6.01. The van der Waals surface area contributed by atoms with E-state index in [0.29, 0.717) is 12.0 Å². The molecule has 26 heavy (non-hydrogen) atoms. The zero-order valence-electron chi connectivity index (χ0n) is 15.9. The maximum atomic E-state index is 12.2. The zero-order chi connectivity index (χ0) is 18.4. The van der Waals surface area contributed by atoms with Gasteiger partial charge in [0.2, 0.25) is 5.91 Å². The zero-order valence-corrected chi connectivity index (χ0v) is 15.9. The van der Waals surface area contributed by atoms with E-state index in [1.165, 1.54) is 32.1 Å². The van der Waals surface area contributed by atoms with E-state index in [1.54, 1.807) is 14.2 Å². The van der Waals surface area contributed by atoms with E-state index in [1.807, 2.05) is 24.3 Å². The molecule has 0 unspecified atom stereocenters. The smallest absolute Gasteiger partial charge is 0.239 e. The van der Waals surface area contributed by atoms with Crippen LogP contribution in [0.15, 0.2) is 29.3 Å². The molecule has 2 fully saturated rings. The Morgan fingerprint density at radius 1 is 1.19 bits per heavy atom. The van der Waals surface area contributed by atoms with Crippen LogP contribution in [0, 0.1) is 5.41 Å². The van der Waals surface area contributed by atoms with Crippen molar-refractivity contribution >= 4 is 11.9 Å². The van der Waals surface area contributed by atoms with Crippen LogP contribution in [0.25, 0.3) is 0 Å². The molecule has 6 nitrogen and oxygen atoms in total. The Morgan fingerprint density at radius 3 is 2.58 bits per heavy atom. The lowest BCUT2D eigenvalue weighted by atomic mass is 9.86. The molecule has 1 aliphatic heterocycles. The number of carbonyl (C=O) groups is 1. The third-order valence-corrected chi connectivity index (χ3v) is 5.67. The molecule has 3 rings (SSSR count). The highest BCUT2D eigenvalue weighted by Gasteiger charge is 2.41. The van der Waals surface area contributed by atoms with Crippen LogP contribution in [0.4, 0.5) is 0 Å². The molecule has 0 bridgehead atoms. The average molecular weight is 358 g/mol. The van der Waals surface area contributed by atoms with E-state index in [0.717, 1.165) is 30.4 Å². The monoisotopic (exact) mass is 358 g/mol. The van der Waals surface area contributed by atoms with Crippen molar-refractivity contribution in [2.24, 2.45) is 10.4 Å². The number of aliphatic imine (C=N–C) groups is 1. The summed E-state index contributed by atoms with van der Waals surface area (Å²) in [4.78, 5) is 18.8. The van der Waals surface area contributed by atoms with Crippen molar-refractivity contribution in [2.75, 3.05) is 33.8 Å². The molecule has 1 aliphatic carbocycles. The van der Waals surface area contributed by atoms with Crippen LogP contribution in [0.5, 0.6) is 5.75 Å². The average Bonchev–Trinajstić information content (AvgIpc) is 3.31. The number of guanidine groups is 1. The summed E-state index contributed by atoms with van der Waals surface area (Å²) in [5.41, 5.74) is 1.54. The number of nitrogens with one attached hydrogen (secondary N) is 2. The molecular weight excluding hydrogens is 328 g/mol. The van der Waals surface area contributed by atoms with Gasteiger partial charge in [-0.25, -0.2) is 0 Å². The van der Waals surface area contributed by atoms with Gasteiger partial charge in [-0.1, -0.05) is 25.0 Å². The second-order valence-corrected chi connectivity index (χ2v) is 7.40. The van der Waals surface area contributed by atoms with Gasteiger partial charge in [0.25, 0.3) is 0 Å². The number of ether oxygens (including phenoxy) is 1. The quantitative estimate of drug-likeness (QED) is 0.625. The summed E-state index contributed by atoms with van der Waals surface area (Å²) < 4.78 is 5.14. The highest BCUT2D eigenvalue weighted by molar-refractivity contribution is 5.86. The van der Waals surface area contributed by atoms with Gasteiger partial charge in [0.1, 0.15) is 5.75 Å². The summed E-state index contributed by atoms with van der Waals surface area (Å²) in [6.45, 7) is 2.86. The highest BCUT2D eigenvalue weighted by atomic mass is 16.5. The van der Waals surface area contributed by atoms with Gasteiger partial charge in [-0.05, 0) is 42.4 Å². The number of carbonyl (C=O) groups excluding carboxylic acids is 1. The third-order valence-electron chi connectivity index (χ3n) is 5.67. The highest BCUT2D eigenvalue weighted by Crippen LogP contribution is 2.45. The first-order valence-electron chi connectivity index (χ1n) is 9.49. The minimum absolute atomic E-state index is 0.0308. The van der Waals surface area contributed by atoms with Gasteiger partial charge in [-0.3, -0.25) is 9.79 Å². The summed E-state index contributed by atoms with van der Waals surface area (Å²) in [5, 5.41) is 6.16. The van der Waals surface area contributed by atoms with Crippen molar-refractivity contribution < 1.29 is 9.53 Å². The molecule has 1 spiro atoms. The van der Waals surface area contributed by atoms with Gasteiger partial charge in [-0.2, -0.15) is 0 Å². The van der Waals surface area contributed by atoms with Gasteiger partial charge in [-0.15, -0.1) is 0 Å². The Labute approximate surface area is 156 Å². The summed E-state index contributed by atoms with van der Waals surface area (Å²) >= 11 is 0. The maximum Gasteiger partial charge on any atom is 0.239 e. The van der Waals surface area contributed by atoms with E-state index >= 15 is 0 Å². The predicted molar refractivity (Wildman–Crippen MR) is 103 cm³/mol. The van der Waals surface area contributed by atoms with Gasteiger partial charge < -0.3 is 20.3 Å². The normalized spacial score (nSPS) is 19.0. The standard InChI is InChI=1S/C20H30N4O2/c1-21-19(24-12-11-20(15-24)9-3-4-10-20)23-14-18(25)22-13-16-5-7-17(26-2)8-6-16/h5-8H,3-4,9-15H2,1-2H3,(H,21,23)(H,22,25). The molecule has 2 N–H and O–H groups in total. The molecule has 1 aromatic rings. The number of likely N-dealkylation sites (tertiary alicyclic amines) is 1. The van der Waals surface area contributed by atoms with Crippen LogP contribution in [-0.4, -0.2) is 50.6 Å². The van der Waals surface area contributed by atoms with Crippen molar-refractivity contribution in [2.45, 2.75) is 38.6 Å². The number of amides is 1. The molecule has 0 atom stereocenters. The van der Waals surface area contributed by atoms with E-state index in [-0.39, 0.29) is 12.5 Å². The second-order valence-electron chi connectivity index (χ2n) is 7.40. The number of nitrogens with zero attached hydrogens (tertiary/aromatic N) is 2. The van der Waals surface area contributed by atoms with Crippen molar-refractivity contribution in [3.63, 3.8) is 0 Å². The fourth-order valence-corrected chi connectivity index (χ4v) is 4.15. The van der Waals surface area contributed by atoms with Crippen LogP contribution in [0.1, 0.15) is 37.7 Å². The minimum Gasteiger partial charge on any atom is -0.497 e. The molecule has 1 aromatic carbocycles. The maximum absolute atomic E-state index is 12.2. The molecule has 1 amide bonds. The van der Waals surface area contributed by atoms with E-state index < -0.39 is 0 Å². The first-order chi connectivity index (χ1) is 12.6. The van der Waals surface area contributed by atoms with Crippen LogP contribution < -0.4 is 15.4 Å². The first-order valence-corrected chi connectivity index (χ1v) is 9.49. The lowest BCUT2D eigenvalue weighted by molar-refractivity contribution is -0.120. The van der Waals surface area contributed by atoms with Crippen molar-refractivity contribution in [1.82, 2.24) is 15.5 Å². The number of methoxy groups -OCH3 is 1. The van der Waals surface area contributed by atoms with E-state index in [9.17, 15) is 4.79 Å². The second kappa shape index (κ2) is 8.43. The SMILES string of the molecule is CN=C(NCC(=O)NCc1ccc(OC)cc1)N1CCC2(CCCC2)C1. The van der Waals surface area contributed by atoms with Gasteiger partial charge in [0.05, 0.1) is 13.7 Å². The molecule has 6 heteroatoms. The van der Waals surface area contributed by atoms with Crippen LogP contribution >= 0.6 is 0 Å². The van der Waals surface area contributed by atoms with Gasteiger partial charge in [0.15, 0.2) is 5.96 Å². The molecule has 1 saturated carbocycles. The Bertz CT molecular complexity index is 636. The van der Waals surface area contributed by atoms with Crippen LogP contribution in [0.3, 0.4) is 0 Å². The molecule has 0 aromatic heterocycles. The fourth-order valence-electron chi connectivity index (χ4n) is 4.15. The molecule has 1 heterocycles. The molecular formula is C20H30N4O2. The summed E-state index contributed by atoms with van der Waals surface area (Å²) in [6, 6.07) is 7.70. The summed E-state index contributed by atoms with van der Waals surface area (Å²) in [6.07, 6.45) is 6.63. The number of benzene rings is 1. The Balaban J connectivity index is 1.42. The third kappa shape index (κ3) is 4.48. The predicted octanol–water partition coefficient (Wildman–Crippen LogP) is 2.15. The molecule has 1 saturated heterocycles. The molecule has 142 valence electrons. The van der Waals surface area contributed by atoms with E-state index in [4.69, 9.17) is 4.74 Å². The minimum atomic E-state index is -0.0308. The van der Waals surface area contributed by atoms with Crippen molar-refractivity contribution in [1.29, 1.82) is 0 Å². The topological polar surface area (TPSA) is 66.0 Å². The number of hydrogen-bond donors (Lipinski definition) is 2. The van der Waals surface area contributed by atoms with E-state index in [2.05, 4.69) is 20.5 Å². The lowest BCUT2D eigenvalue weighted by Gasteiger charge is -2.25. The van der Waals surface area contributed by atoms with Crippen molar-refractivity contribution in [3.05, 3.63) is 29.8 Å². The molecule has 2 aliphatic rings. The number of rotatable bonds is 5. The fraction of sp³-hybridized carbons (Fsp3) is 0.600. The van der Waals surface area contributed by atoms with Gasteiger partial charge >= 0.3 is 0 Å². The molecule has 0 radical (unpaired) electrons. The number of hydrogen-bond acceptors (Lipinski definition) is 3. The first kappa shape index (κ1) is 18.5. The van der Waals surface area contributed by atoms with Crippen LogP contribution in [-0.2, 0) is 11.3 Å². The van der Waals surface area contributed by atoms with Crippen molar-refractivity contribution in [3.8, 4) is 5.75 Å². The summed E-state index contributed by atoms with van der Waals surface area (Å²) in [5.74, 6) is 1.63. The lowest BCUT2D eigenvalue weighted by Crippen LogP contribution is -2.45. The largest absolute Gasteiger partial charge is 0.497 e. The summed E-state index contributed by atoms with van der Waals surface area (Å²) in [7, 11) is 3.43. The van der Waals surface area contributed by atoms with Crippen LogP contribution in [0.2, 0.25) is 0 Å². The van der Waals surface area contributed by atoms with Gasteiger partial charge in [0, 0.05) is 26.7 Å². The Morgan fingerprint density at radius 2 is 1.92 bits per heavy atom.